The monoisotopic (exact) mass is 554 g/mol. The Balaban J connectivity index is 0.00000216. The van der Waals surface area contributed by atoms with Crippen LogP contribution in [0.15, 0.2) is 60.8 Å². The molecule has 40 heavy (non-hydrogen) atoms. The summed E-state index contributed by atoms with van der Waals surface area (Å²) < 4.78 is 14.1. The Hall–Kier alpha value is -3.88. The number of imidazole rings is 1. The molecule has 4 rings (SSSR count). The number of aromatic amines is 1. The van der Waals surface area contributed by atoms with Gasteiger partial charge in [-0.3, -0.25) is 4.79 Å². The van der Waals surface area contributed by atoms with E-state index in [0.717, 1.165) is 30.6 Å². The van der Waals surface area contributed by atoms with Gasteiger partial charge < -0.3 is 25.4 Å². The van der Waals surface area contributed by atoms with Crippen LogP contribution in [0.2, 0.25) is 0 Å². The number of nitrogens with one attached hydrogen (secondary N) is 3. The van der Waals surface area contributed by atoms with Crippen LogP contribution in [0.5, 0.6) is 0 Å². The minimum absolute atomic E-state index is 0. The predicted molar refractivity (Wildman–Crippen MR) is 162 cm³/mol. The lowest BCUT2D eigenvalue weighted by molar-refractivity contribution is -0.123. The maximum Gasteiger partial charge on any atom is 0.318 e. The average Bonchev–Trinajstić information content (AvgIpc) is 3.40. The average molecular weight is 555 g/mol. The third kappa shape index (κ3) is 7.83. The second-order valence-electron chi connectivity index (χ2n) is 10.1. The molecular weight excluding hydrogens is 507 g/mol. The van der Waals surface area contributed by atoms with E-state index in [1.54, 1.807) is 31.0 Å². The summed E-state index contributed by atoms with van der Waals surface area (Å²) in [5.41, 5.74) is 2.59. The number of para-hydroxylation sites is 1. The Kier molecular flexibility index (Phi) is 11.1. The van der Waals surface area contributed by atoms with Gasteiger partial charge in [-0.25, -0.2) is 14.2 Å². The molecule has 2 heterocycles. The minimum atomic E-state index is -0.842. The van der Waals surface area contributed by atoms with Crippen LogP contribution in [0.3, 0.4) is 0 Å². The van der Waals surface area contributed by atoms with Crippen molar-refractivity contribution in [3.63, 3.8) is 0 Å². The molecule has 3 amide bonds. The van der Waals surface area contributed by atoms with Crippen molar-refractivity contribution >= 4 is 23.0 Å². The molecule has 2 aromatic carbocycles. The topological polar surface area (TPSA) is 93.4 Å². The first-order valence-corrected chi connectivity index (χ1v) is 14.2. The summed E-state index contributed by atoms with van der Waals surface area (Å²) in [4.78, 5) is 37.8. The SMILES string of the molecule is C=C(C[C@H](NC(=O)N(C)Cc1ccccc1)C(=O)N[C@@H](C)c1nc2c(F)cccc2[nH]1)N1CCCC[C@@H]1C.CC.[HH].[HH]. The molecule has 0 spiro atoms. The molecule has 0 aliphatic carbocycles. The van der Waals surface area contributed by atoms with Gasteiger partial charge in [0.05, 0.1) is 11.6 Å². The number of nitrogens with zero attached hydrogens (tertiary/aromatic N) is 3. The molecule has 0 radical (unpaired) electrons. The Labute approximate surface area is 240 Å². The number of fused-ring (bicyclic) bond motifs is 1. The number of carbonyl (C=O) groups excluding carboxylic acids is 2. The van der Waals surface area contributed by atoms with Crippen molar-refractivity contribution in [3.8, 4) is 0 Å². The van der Waals surface area contributed by atoms with Gasteiger partial charge in [-0.15, -0.1) is 0 Å². The molecule has 1 saturated heterocycles. The fraction of sp³-hybridized carbons (Fsp3) is 0.452. The van der Waals surface area contributed by atoms with Gasteiger partial charge in [-0.2, -0.15) is 0 Å². The Bertz CT molecular complexity index is 1290. The van der Waals surface area contributed by atoms with Crippen LogP contribution in [0.25, 0.3) is 11.0 Å². The summed E-state index contributed by atoms with van der Waals surface area (Å²) in [5, 5.41) is 5.85. The van der Waals surface area contributed by atoms with Crippen molar-refractivity contribution in [1.82, 2.24) is 30.4 Å². The van der Waals surface area contributed by atoms with Crippen molar-refractivity contribution < 1.29 is 16.8 Å². The third-order valence-corrected chi connectivity index (χ3v) is 7.12. The zero-order valence-corrected chi connectivity index (χ0v) is 24.3. The smallest absolute Gasteiger partial charge is 0.318 e. The molecule has 0 saturated carbocycles. The maximum absolute atomic E-state index is 14.1. The summed E-state index contributed by atoms with van der Waals surface area (Å²) in [6.07, 6.45) is 3.60. The lowest BCUT2D eigenvalue weighted by Gasteiger charge is -2.38. The van der Waals surface area contributed by atoms with Crippen LogP contribution in [-0.4, -0.2) is 57.4 Å². The Morgan fingerprint density at radius 2 is 1.90 bits per heavy atom. The van der Waals surface area contributed by atoms with Crippen LogP contribution in [0, 0.1) is 5.82 Å². The van der Waals surface area contributed by atoms with E-state index in [1.165, 1.54) is 12.5 Å². The molecule has 9 heteroatoms. The van der Waals surface area contributed by atoms with E-state index in [2.05, 4.69) is 39.0 Å². The van der Waals surface area contributed by atoms with Crippen LogP contribution in [-0.2, 0) is 11.3 Å². The molecule has 3 aromatic rings. The molecule has 8 nitrogen and oxygen atoms in total. The van der Waals surface area contributed by atoms with Crippen molar-refractivity contribution in [2.75, 3.05) is 13.6 Å². The first kappa shape index (κ1) is 30.7. The minimum Gasteiger partial charge on any atom is -0.373 e. The van der Waals surface area contributed by atoms with Gasteiger partial charge in [0, 0.05) is 41.2 Å². The highest BCUT2D eigenvalue weighted by Gasteiger charge is 2.29. The van der Waals surface area contributed by atoms with Gasteiger partial charge >= 0.3 is 6.03 Å². The summed E-state index contributed by atoms with van der Waals surface area (Å²) >= 11 is 0. The zero-order valence-electron chi connectivity index (χ0n) is 24.3. The number of urea groups is 1. The summed E-state index contributed by atoms with van der Waals surface area (Å²) in [7, 11) is 1.70. The summed E-state index contributed by atoms with van der Waals surface area (Å²) in [5.74, 6) is -0.346. The van der Waals surface area contributed by atoms with Crippen LogP contribution in [0.4, 0.5) is 9.18 Å². The van der Waals surface area contributed by atoms with Crippen molar-refractivity contribution in [2.45, 2.75) is 78.0 Å². The second-order valence-corrected chi connectivity index (χ2v) is 10.1. The molecule has 0 bridgehead atoms. The molecule has 1 aromatic heterocycles. The number of halogens is 1. The standard InChI is InChI=1S/C29H37FN6O2.C2H6.2H2/c1-19-11-8-9-16-36(19)20(2)17-25(33-29(38)35(4)18-22-12-6-5-7-13-22)28(37)31-21(3)27-32-24-15-10-14-23(30)26(24)34-27;1-2;;/h5-7,10,12-15,19,21,25H,2,8-9,11,16-18H2,1,3-4H3,(H,31,37)(H,32,34)(H,33,38);1-2H3;2*1H/t19-,21-,25-;;;/m0.../s1. The van der Waals surface area contributed by atoms with E-state index < -0.39 is 17.9 Å². The van der Waals surface area contributed by atoms with E-state index in [9.17, 15) is 14.0 Å². The number of likely N-dealkylation sites (tertiary alicyclic amines) is 1. The molecular formula is C31H47FN6O2. The quantitative estimate of drug-likeness (QED) is 0.286. The van der Waals surface area contributed by atoms with Gasteiger partial charge in [0.15, 0.2) is 5.82 Å². The van der Waals surface area contributed by atoms with Gasteiger partial charge in [0.2, 0.25) is 5.91 Å². The fourth-order valence-electron chi connectivity index (χ4n) is 4.92. The van der Waals surface area contributed by atoms with Crippen LogP contribution < -0.4 is 10.6 Å². The molecule has 1 aliphatic heterocycles. The highest BCUT2D eigenvalue weighted by atomic mass is 19.1. The largest absolute Gasteiger partial charge is 0.373 e. The number of aromatic nitrogens is 2. The third-order valence-electron chi connectivity index (χ3n) is 7.12. The van der Waals surface area contributed by atoms with Gasteiger partial charge in [-0.05, 0) is 50.8 Å². The zero-order chi connectivity index (χ0) is 29.2. The number of hydrogen-bond acceptors (Lipinski definition) is 4. The van der Waals surface area contributed by atoms with Crippen LogP contribution >= 0.6 is 0 Å². The number of H-pyrrole nitrogens is 1. The highest BCUT2D eigenvalue weighted by molar-refractivity contribution is 5.87. The number of benzene rings is 2. The Morgan fingerprint density at radius 3 is 2.58 bits per heavy atom. The number of piperidine rings is 1. The lowest BCUT2D eigenvalue weighted by Crippen LogP contribution is -2.51. The predicted octanol–water partition coefficient (Wildman–Crippen LogP) is 6.39. The van der Waals surface area contributed by atoms with Crippen molar-refractivity contribution in [2.24, 2.45) is 0 Å². The molecule has 1 fully saturated rings. The van der Waals surface area contributed by atoms with E-state index >= 15 is 0 Å². The summed E-state index contributed by atoms with van der Waals surface area (Å²) in [6.45, 7) is 13.5. The van der Waals surface area contributed by atoms with Gasteiger partial charge in [0.1, 0.15) is 17.4 Å². The van der Waals surface area contributed by atoms with Gasteiger partial charge in [-0.1, -0.05) is 56.8 Å². The Morgan fingerprint density at radius 1 is 1.18 bits per heavy atom. The van der Waals surface area contributed by atoms with Crippen molar-refractivity contribution in [3.05, 3.63) is 78.0 Å². The number of rotatable bonds is 9. The first-order chi connectivity index (χ1) is 19.2. The van der Waals surface area contributed by atoms with E-state index in [-0.39, 0.29) is 26.7 Å². The summed E-state index contributed by atoms with van der Waals surface area (Å²) in [6, 6.07) is 13.0. The second kappa shape index (κ2) is 14.5. The lowest BCUT2D eigenvalue weighted by atomic mass is 10.0. The van der Waals surface area contributed by atoms with Crippen LogP contribution in [0.1, 0.15) is 73.7 Å². The van der Waals surface area contributed by atoms with E-state index in [4.69, 9.17) is 0 Å². The number of hydrogen-bond donors (Lipinski definition) is 3. The molecule has 3 atom stereocenters. The highest BCUT2D eigenvalue weighted by Crippen LogP contribution is 2.24. The molecule has 1 aliphatic rings. The van der Waals surface area contributed by atoms with E-state index in [1.807, 2.05) is 44.2 Å². The first-order valence-electron chi connectivity index (χ1n) is 14.2. The van der Waals surface area contributed by atoms with Gasteiger partial charge in [0.25, 0.3) is 0 Å². The van der Waals surface area contributed by atoms with E-state index in [0.29, 0.717) is 23.9 Å². The molecule has 0 unspecified atom stereocenters. The normalized spacial score (nSPS) is 16.4. The van der Waals surface area contributed by atoms with Crippen molar-refractivity contribution in [1.29, 1.82) is 0 Å². The molecule has 3 N–H and O–H groups in total. The fourth-order valence-corrected chi connectivity index (χ4v) is 4.92. The molecule has 220 valence electrons. The number of carbonyl (C=O) groups is 2. The maximum atomic E-state index is 14.1. The number of amides is 3.